The minimum atomic E-state index is -0.697. The summed E-state index contributed by atoms with van der Waals surface area (Å²) in [6.45, 7) is 2.02. The lowest BCUT2D eigenvalue weighted by Gasteiger charge is -2.10. The molecule has 3 aromatic rings. The molecule has 0 bridgehead atoms. The van der Waals surface area contributed by atoms with E-state index in [0.717, 1.165) is 16.8 Å². The summed E-state index contributed by atoms with van der Waals surface area (Å²) in [5, 5.41) is 19.7. The highest BCUT2D eigenvalue weighted by Crippen LogP contribution is 2.17. The van der Waals surface area contributed by atoms with Gasteiger partial charge in [-0.25, -0.2) is 4.98 Å². The summed E-state index contributed by atoms with van der Waals surface area (Å²) in [6.07, 6.45) is 0.629. The first kappa shape index (κ1) is 16.8. The number of hydrogen-bond donors (Lipinski definition) is 2. The Kier molecular flexibility index (Phi) is 5.17. The van der Waals surface area contributed by atoms with Crippen LogP contribution in [0, 0.1) is 18.3 Å². The zero-order valence-corrected chi connectivity index (χ0v) is 14.5. The van der Waals surface area contributed by atoms with Crippen LogP contribution in [0.25, 0.3) is 0 Å². The van der Waals surface area contributed by atoms with Crippen LogP contribution in [-0.4, -0.2) is 20.2 Å². The molecule has 0 unspecified atom stereocenters. The molecule has 0 aliphatic heterocycles. The highest BCUT2D eigenvalue weighted by molar-refractivity contribution is 7.80. The number of rotatable bonds is 5. The van der Waals surface area contributed by atoms with Crippen LogP contribution in [-0.2, 0) is 6.42 Å². The van der Waals surface area contributed by atoms with Crippen LogP contribution < -0.4 is 5.32 Å². The monoisotopic (exact) mass is 347 g/mol. The molecule has 3 rings (SSSR count). The fourth-order valence-electron chi connectivity index (χ4n) is 2.39. The van der Waals surface area contributed by atoms with Crippen molar-refractivity contribution in [2.75, 3.05) is 5.32 Å². The van der Waals surface area contributed by atoms with E-state index in [-0.39, 0.29) is 0 Å². The van der Waals surface area contributed by atoms with Crippen LogP contribution in [0.15, 0.2) is 54.6 Å². The SMILES string of the molecule is Cc1ccc(NC(=S)[C@@H](C#N)c2n[nH]c(Cc3ccccc3)n2)cc1. The number of nitriles is 1. The Morgan fingerprint density at radius 2 is 1.92 bits per heavy atom. The third-order valence-electron chi connectivity index (χ3n) is 3.73. The van der Waals surface area contributed by atoms with Gasteiger partial charge in [-0.3, -0.25) is 5.10 Å². The lowest BCUT2D eigenvalue weighted by molar-refractivity contribution is 0.949. The van der Waals surface area contributed by atoms with Crippen molar-refractivity contribution in [3.63, 3.8) is 0 Å². The molecule has 0 amide bonds. The number of anilines is 1. The van der Waals surface area contributed by atoms with Gasteiger partial charge in [0, 0.05) is 12.1 Å². The molecule has 0 aliphatic rings. The van der Waals surface area contributed by atoms with Crippen molar-refractivity contribution in [3.05, 3.63) is 77.4 Å². The van der Waals surface area contributed by atoms with E-state index in [1.165, 1.54) is 0 Å². The number of aryl methyl sites for hydroxylation is 1. The van der Waals surface area contributed by atoms with Gasteiger partial charge in [-0.05, 0) is 24.6 Å². The van der Waals surface area contributed by atoms with E-state index < -0.39 is 5.92 Å². The third kappa shape index (κ3) is 4.28. The molecule has 1 atom stereocenters. The van der Waals surface area contributed by atoms with Crippen molar-refractivity contribution >= 4 is 22.9 Å². The molecule has 6 heteroatoms. The predicted octanol–water partition coefficient (Wildman–Crippen LogP) is 3.75. The van der Waals surface area contributed by atoms with Crippen molar-refractivity contribution in [1.29, 1.82) is 5.26 Å². The summed E-state index contributed by atoms with van der Waals surface area (Å²) >= 11 is 5.38. The number of nitrogens with one attached hydrogen (secondary N) is 2. The minimum Gasteiger partial charge on any atom is -0.349 e. The first-order valence-electron chi connectivity index (χ1n) is 7.88. The smallest absolute Gasteiger partial charge is 0.174 e. The molecule has 0 saturated heterocycles. The van der Waals surface area contributed by atoms with Gasteiger partial charge in [0.05, 0.1) is 6.07 Å². The molecular weight excluding hydrogens is 330 g/mol. The van der Waals surface area contributed by atoms with Crippen LogP contribution in [0.3, 0.4) is 0 Å². The normalized spacial score (nSPS) is 11.5. The number of nitrogens with zero attached hydrogens (tertiary/aromatic N) is 3. The standard InChI is InChI=1S/C19H17N5S/c1-13-7-9-15(10-8-13)21-19(25)16(12-20)18-22-17(23-24-18)11-14-5-3-2-4-6-14/h2-10,16H,11H2,1H3,(H,21,25)(H,22,23,24)/t16-/m0/s1. The summed E-state index contributed by atoms with van der Waals surface area (Å²) in [4.78, 5) is 4.82. The second-order valence-corrected chi connectivity index (χ2v) is 6.16. The maximum Gasteiger partial charge on any atom is 0.174 e. The summed E-state index contributed by atoms with van der Waals surface area (Å²) in [7, 11) is 0. The maximum absolute atomic E-state index is 9.50. The van der Waals surface area contributed by atoms with Gasteiger partial charge in [0.15, 0.2) is 11.7 Å². The fourth-order valence-corrected chi connectivity index (χ4v) is 2.67. The summed E-state index contributed by atoms with van der Waals surface area (Å²) in [5.41, 5.74) is 3.13. The molecule has 0 spiro atoms. The molecule has 2 aromatic carbocycles. The Balaban J connectivity index is 1.71. The van der Waals surface area contributed by atoms with Crippen molar-refractivity contribution in [3.8, 4) is 6.07 Å². The van der Waals surface area contributed by atoms with E-state index in [4.69, 9.17) is 12.2 Å². The zero-order valence-electron chi connectivity index (χ0n) is 13.7. The van der Waals surface area contributed by atoms with Gasteiger partial charge in [-0.2, -0.15) is 10.4 Å². The molecule has 0 aliphatic carbocycles. The second-order valence-electron chi connectivity index (χ2n) is 5.72. The Morgan fingerprint density at radius 1 is 1.20 bits per heavy atom. The molecule has 0 radical (unpaired) electrons. The predicted molar refractivity (Wildman–Crippen MR) is 101 cm³/mol. The van der Waals surface area contributed by atoms with Crippen molar-refractivity contribution in [1.82, 2.24) is 15.2 Å². The fraction of sp³-hybridized carbons (Fsp3) is 0.158. The lowest BCUT2D eigenvalue weighted by atomic mass is 10.1. The molecular formula is C19H17N5S. The lowest BCUT2D eigenvalue weighted by Crippen LogP contribution is -2.19. The molecule has 1 heterocycles. The van der Waals surface area contributed by atoms with E-state index in [9.17, 15) is 5.26 Å². The average molecular weight is 347 g/mol. The Hall–Kier alpha value is -3.04. The molecule has 124 valence electrons. The highest BCUT2D eigenvalue weighted by atomic mass is 32.1. The van der Waals surface area contributed by atoms with Gasteiger partial charge in [-0.1, -0.05) is 60.2 Å². The molecule has 1 aromatic heterocycles. The first-order valence-corrected chi connectivity index (χ1v) is 8.29. The maximum atomic E-state index is 9.50. The van der Waals surface area contributed by atoms with Crippen LogP contribution in [0.2, 0.25) is 0 Å². The number of hydrogen-bond acceptors (Lipinski definition) is 4. The van der Waals surface area contributed by atoms with E-state index in [1.807, 2.05) is 61.5 Å². The van der Waals surface area contributed by atoms with Crippen molar-refractivity contribution in [2.24, 2.45) is 0 Å². The van der Waals surface area contributed by atoms with E-state index in [0.29, 0.717) is 23.1 Å². The molecule has 0 saturated carbocycles. The topological polar surface area (TPSA) is 77.4 Å². The van der Waals surface area contributed by atoms with Gasteiger partial charge >= 0.3 is 0 Å². The van der Waals surface area contributed by atoms with E-state index in [2.05, 4.69) is 26.6 Å². The largest absolute Gasteiger partial charge is 0.349 e. The summed E-state index contributed by atoms with van der Waals surface area (Å²) < 4.78 is 0. The number of H-pyrrole nitrogens is 1. The third-order valence-corrected chi connectivity index (χ3v) is 4.07. The number of thiocarbonyl (C=S) groups is 1. The highest BCUT2D eigenvalue weighted by Gasteiger charge is 2.21. The van der Waals surface area contributed by atoms with Gasteiger partial charge in [0.1, 0.15) is 10.8 Å². The summed E-state index contributed by atoms with van der Waals surface area (Å²) in [5.74, 6) is 0.398. The van der Waals surface area contributed by atoms with Crippen LogP contribution in [0.4, 0.5) is 5.69 Å². The van der Waals surface area contributed by atoms with Gasteiger partial charge < -0.3 is 5.32 Å². The minimum absolute atomic E-state index is 0.386. The van der Waals surface area contributed by atoms with Gasteiger partial charge in [0.2, 0.25) is 0 Å². The van der Waals surface area contributed by atoms with Crippen molar-refractivity contribution in [2.45, 2.75) is 19.3 Å². The number of benzene rings is 2. The Bertz CT molecular complexity index is 894. The van der Waals surface area contributed by atoms with Crippen LogP contribution in [0.1, 0.15) is 28.7 Å². The molecule has 2 N–H and O–H groups in total. The van der Waals surface area contributed by atoms with Gasteiger partial charge in [0.25, 0.3) is 0 Å². The van der Waals surface area contributed by atoms with E-state index in [1.54, 1.807) is 0 Å². The van der Waals surface area contributed by atoms with Gasteiger partial charge in [-0.15, -0.1) is 0 Å². The zero-order chi connectivity index (χ0) is 17.6. The Labute approximate surface area is 151 Å². The molecule has 0 fully saturated rings. The van der Waals surface area contributed by atoms with E-state index >= 15 is 0 Å². The number of aromatic nitrogens is 3. The molecule has 5 nitrogen and oxygen atoms in total. The van der Waals surface area contributed by atoms with Crippen molar-refractivity contribution < 1.29 is 0 Å². The quantitative estimate of drug-likeness (QED) is 0.687. The number of aromatic amines is 1. The second kappa shape index (κ2) is 7.69. The average Bonchev–Trinajstić information content (AvgIpc) is 3.06. The van der Waals surface area contributed by atoms with Crippen LogP contribution in [0.5, 0.6) is 0 Å². The first-order chi connectivity index (χ1) is 12.2. The summed E-state index contributed by atoms with van der Waals surface area (Å²) in [6, 6.07) is 20.0. The Morgan fingerprint density at radius 3 is 2.60 bits per heavy atom. The molecule has 25 heavy (non-hydrogen) atoms. The van der Waals surface area contributed by atoms with Crippen LogP contribution >= 0.6 is 12.2 Å².